The van der Waals surface area contributed by atoms with E-state index >= 15 is 0 Å². The Morgan fingerprint density at radius 3 is 2.80 bits per heavy atom. The molecule has 15 heavy (non-hydrogen) atoms. The summed E-state index contributed by atoms with van der Waals surface area (Å²) in [6.45, 7) is 3.93. The molecule has 1 unspecified atom stereocenters. The van der Waals surface area contributed by atoms with Crippen LogP contribution in [0.15, 0.2) is 5.38 Å². The molecule has 0 aliphatic rings. The minimum atomic E-state index is -0.0319. The van der Waals surface area contributed by atoms with Crippen LogP contribution in [0.4, 0.5) is 0 Å². The molecule has 2 aromatic heterocycles. The van der Waals surface area contributed by atoms with Gasteiger partial charge in [-0.3, -0.25) is 0 Å². The zero-order valence-electron chi connectivity index (χ0n) is 8.60. The number of nitrogens with zero attached hydrogens (tertiary/aromatic N) is 3. The number of hydrogen-bond acceptors (Lipinski definition) is 6. The molecule has 0 radical (unpaired) electrons. The molecule has 1 atom stereocenters. The van der Waals surface area contributed by atoms with Crippen molar-refractivity contribution in [2.24, 2.45) is 5.73 Å². The topological polar surface area (TPSA) is 64.7 Å². The second-order valence-corrected chi connectivity index (χ2v) is 5.14. The smallest absolute Gasteiger partial charge is 0.0947 e. The van der Waals surface area contributed by atoms with E-state index in [9.17, 15) is 0 Å². The van der Waals surface area contributed by atoms with Crippen molar-refractivity contribution in [3.05, 3.63) is 26.7 Å². The summed E-state index contributed by atoms with van der Waals surface area (Å²) in [5.74, 6) is 0. The molecule has 2 rings (SSSR count). The Balaban J connectivity index is 2.10. The lowest BCUT2D eigenvalue weighted by Crippen LogP contribution is -2.12. The Bertz CT molecular complexity index is 448. The van der Waals surface area contributed by atoms with Crippen LogP contribution in [0.1, 0.15) is 27.3 Å². The van der Waals surface area contributed by atoms with E-state index in [1.54, 1.807) is 11.3 Å². The van der Waals surface area contributed by atoms with E-state index in [0.717, 1.165) is 27.7 Å². The SMILES string of the molecule is Cc1csc(CC(N)c2snnc2C)n1. The van der Waals surface area contributed by atoms with Gasteiger partial charge in [-0.05, 0) is 25.4 Å². The van der Waals surface area contributed by atoms with Crippen LogP contribution in [0.3, 0.4) is 0 Å². The van der Waals surface area contributed by atoms with E-state index in [1.165, 1.54) is 11.5 Å². The van der Waals surface area contributed by atoms with Gasteiger partial charge in [0.2, 0.25) is 0 Å². The third kappa shape index (κ3) is 2.39. The monoisotopic (exact) mass is 240 g/mol. The zero-order valence-corrected chi connectivity index (χ0v) is 10.2. The summed E-state index contributed by atoms with van der Waals surface area (Å²) >= 11 is 3.03. The first kappa shape index (κ1) is 10.7. The molecule has 2 N–H and O–H groups in total. The van der Waals surface area contributed by atoms with Gasteiger partial charge in [-0.2, -0.15) is 0 Å². The zero-order chi connectivity index (χ0) is 10.8. The first-order chi connectivity index (χ1) is 7.16. The third-order valence-electron chi connectivity index (χ3n) is 2.08. The molecule has 0 bridgehead atoms. The van der Waals surface area contributed by atoms with Crippen molar-refractivity contribution in [2.45, 2.75) is 26.3 Å². The second kappa shape index (κ2) is 4.34. The van der Waals surface area contributed by atoms with Crippen molar-refractivity contribution >= 4 is 22.9 Å². The predicted molar refractivity (Wildman–Crippen MR) is 62.1 cm³/mol. The largest absolute Gasteiger partial charge is 0.323 e. The van der Waals surface area contributed by atoms with Gasteiger partial charge in [0.1, 0.15) is 0 Å². The van der Waals surface area contributed by atoms with E-state index < -0.39 is 0 Å². The van der Waals surface area contributed by atoms with Crippen molar-refractivity contribution in [1.82, 2.24) is 14.6 Å². The molecule has 80 valence electrons. The molecule has 6 heteroatoms. The van der Waals surface area contributed by atoms with Crippen molar-refractivity contribution in [2.75, 3.05) is 0 Å². The molecule has 0 aromatic carbocycles. The van der Waals surface area contributed by atoms with Gasteiger partial charge >= 0.3 is 0 Å². The lowest BCUT2D eigenvalue weighted by Gasteiger charge is -2.06. The first-order valence-corrected chi connectivity index (χ1v) is 6.27. The fourth-order valence-electron chi connectivity index (χ4n) is 1.35. The maximum atomic E-state index is 6.08. The van der Waals surface area contributed by atoms with Gasteiger partial charge in [0.25, 0.3) is 0 Å². The summed E-state index contributed by atoms with van der Waals surface area (Å²) in [5.41, 5.74) is 8.07. The van der Waals surface area contributed by atoms with Gasteiger partial charge in [-0.1, -0.05) is 4.49 Å². The lowest BCUT2D eigenvalue weighted by atomic mass is 10.2. The van der Waals surface area contributed by atoms with Gasteiger partial charge in [-0.25, -0.2) is 4.98 Å². The van der Waals surface area contributed by atoms with Gasteiger partial charge in [0, 0.05) is 23.5 Å². The number of nitrogens with two attached hydrogens (primary N) is 1. The molecule has 0 fully saturated rings. The van der Waals surface area contributed by atoms with E-state index in [0.29, 0.717) is 0 Å². The highest BCUT2D eigenvalue weighted by atomic mass is 32.1. The molecule has 4 nitrogen and oxygen atoms in total. The van der Waals surface area contributed by atoms with Crippen LogP contribution in [0.25, 0.3) is 0 Å². The van der Waals surface area contributed by atoms with Crippen LogP contribution >= 0.6 is 22.9 Å². The van der Waals surface area contributed by atoms with Crippen LogP contribution in [0.5, 0.6) is 0 Å². The molecule has 0 aliphatic carbocycles. The molecular formula is C9H12N4S2. The van der Waals surface area contributed by atoms with Gasteiger partial charge in [-0.15, -0.1) is 16.4 Å². The van der Waals surface area contributed by atoms with Crippen molar-refractivity contribution in [3.8, 4) is 0 Å². The van der Waals surface area contributed by atoms with E-state index in [-0.39, 0.29) is 6.04 Å². The molecule has 2 heterocycles. The van der Waals surface area contributed by atoms with Crippen LogP contribution < -0.4 is 5.73 Å². The first-order valence-electron chi connectivity index (χ1n) is 4.62. The summed E-state index contributed by atoms with van der Waals surface area (Å²) in [5, 5.41) is 7.07. The molecule has 0 amide bonds. The molecule has 0 saturated carbocycles. The average molecular weight is 240 g/mol. The molecule has 0 saturated heterocycles. The highest BCUT2D eigenvalue weighted by Gasteiger charge is 2.14. The highest BCUT2D eigenvalue weighted by molar-refractivity contribution is 7.09. The summed E-state index contributed by atoms with van der Waals surface area (Å²) < 4.78 is 3.88. The highest BCUT2D eigenvalue weighted by Crippen LogP contribution is 2.22. The number of thiazole rings is 1. The number of aryl methyl sites for hydroxylation is 2. The predicted octanol–water partition coefficient (Wildman–Crippen LogP) is 1.85. The van der Waals surface area contributed by atoms with Gasteiger partial charge in [0.15, 0.2) is 0 Å². The third-order valence-corrected chi connectivity index (χ3v) is 4.03. The molecule has 0 spiro atoms. The average Bonchev–Trinajstić information content (AvgIpc) is 2.75. The Hall–Kier alpha value is -0.850. The Morgan fingerprint density at radius 2 is 2.27 bits per heavy atom. The van der Waals surface area contributed by atoms with Crippen LogP contribution in [0.2, 0.25) is 0 Å². The van der Waals surface area contributed by atoms with Gasteiger partial charge in [0.05, 0.1) is 15.6 Å². The van der Waals surface area contributed by atoms with Gasteiger partial charge < -0.3 is 5.73 Å². The van der Waals surface area contributed by atoms with Crippen LogP contribution in [-0.2, 0) is 6.42 Å². The van der Waals surface area contributed by atoms with Crippen LogP contribution in [0, 0.1) is 13.8 Å². The van der Waals surface area contributed by atoms with Crippen LogP contribution in [-0.4, -0.2) is 14.6 Å². The molecule has 2 aromatic rings. The standard InChI is InChI=1S/C9H12N4S2/c1-5-4-14-8(11-5)3-7(10)9-6(2)12-13-15-9/h4,7H,3,10H2,1-2H3. The van der Waals surface area contributed by atoms with E-state index in [4.69, 9.17) is 5.73 Å². The van der Waals surface area contributed by atoms with Crippen molar-refractivity contribution in [1.29, 1.82) is 0 Å². The summed E-state index contributed by atoms with van der Waals surface area (Å²) in [6, 6.07) is -0.0319. The Labute approximate surface area is 96.3 Å². The molecular weight excluding hydrogens is 228 g/mol. The second-order valence-electron chi connectivity index (χ2n) is 3.42. The van der Waals surface area contributed by atoms with E-state index in [2.05, 4.69) is 14.6 Å². The number of hydrogen-bond donors (Lipinski definition) is 1. The Kier molecular flexibility index (Phi) is 3.08. The quantitative estimate of drug-likeness (QED) is 0.889. The molecule has 0 aliphatic heterocycles. The Morgan fingerprint density at radius 1 is 1.47 bits per heavy atom. The lowest BCUT2D eigenvalue weighted by molar-refractivity contribution is 0.723. The summed E-state index contributed by atoms with van der Waals surface area (Å²) in [4.78, 5) is 5.45. The summed E-state index contributed by atoms with van der Waals surface area (Å²) in [6.07, 6.45) is 0.767. The summed E-state index contributed by atoms with van der Waals surface area (Å²) in [7, 11) is 0. The maximum absolute atomic E-state index is 6.08. The van der Waals surface area contributed by atoms with Crippen molar-refractivity contribution < 1.29 is 0 Å². The normalized spacial score (nSPS) is 13.0. The fourth-order valence-corrected chi connectivity index (χ4v) is 2.83. The fraction of sp³-hybridized carbons (Fsp3) is 0.444. The van der Waals surface area contributed by atoms with Crippen molar-refractivity contribution in [3.63, 3.8) is 0 Å². The number of aromatic nitrogens is 3. The van der Waals surface area contributed by atoms with E-state index in [1.807, 2.05) is 19.2 Å². The minimum Gasteiger partial charge on any atom is -0.323 e. The minimum absolute atomic E-state index is 0.0319. The maximum Gasteiger partial charge on any atom is 0.0947 e. The number of rotatable bonds is 3.